The molecule has 0 aliphatic carbocycles. The third-order valence-electron chi connectivity index (χ3n) is 6.98. The van der Waals surface area contributed by atoms with Crippen LogP contribution in [0.25, 0.3) is 0 Å². The smallest absolute Gasteiger partial charge is 0.247 e. The van der Waals surface area contributed by atoms with Gasteiger partial charge in [0.25, 0.3) is 0 Å². The Labute approximate surface area is 266 Å². The maximum Gasteiger partial charge on any atom is 0.247 e. The normalized spacial score (nSPS) is 11.8. The summed E-state index contributed by atoms with van der Waals surface area (Å²) in [6.45, 7) is 1.99. The Kier molecular flexibility index (Phi) is 10.2. The van der Waals surface area contributed by atoms with E-state index in [1.54, 1.807) is 24.8 Å². The lowest BCUT2D eigenvalue weighted by Crippen LogP contribution is -2.30. The predicted molar refractivity (Wildman–Crippen MR) is 169 cm³/mol. The first-order chi connectivity index (χ1) is 21.2. The summed E-state index contributed by atoms with van der Waals surface area (Å²) in [6.07, 6.45) is 7.10. The van der Waals surface area contributed by atoms with E-state index < -0.39 is 26.5 Å². The van der Waals surface area contributed by atoms with Gasteiger partial charge in [0.05, 0.1) is 5.02 Å². The van der Waals surface area contributed by atoms with E-state index in [0.717, 1.165) is 22.3 Å². The Bertz CT molecular complexity index is 1750. The first-order valence-corrected chi connectivity index (χ1v) is 15.9. The lowest BCUT2D eigenvalue weighted by molar-refractivity contribution is 0.247. The number of benzene rings is 3. The van der Waals surface area contributed by atoms with Gasteiger partial charge >= 0.3 is 0 Å². The quantitative estimate of drug-likeness (QED) is 0.153. The van der Waals surface area contributed by atoms with Crippen LogP contribution in [0.3, 0.4) is 0 Å². The summed E-state index contributed by atoms with van der Waals surface area (Å²) in [5.74, 6) is -1.01. The van der Waals surface area contributed by atoms with Crippen LogP contribution in [0.15, 0.2) is 115 Å². The Morgan fingerprint density at radius 1 is 0.636 bits per heavy atom. The van der Waals surface area contributed by atoms with Gasteiger partial charge in [0.15, 0.2) is 5.75 Å². The second kappa shape index (κ2) is 14.3. The molecule has 2 heterocycles. The van der Waals surface area contributed by atoms with Crippen LogP contribution in [0, 0.1) is 5.82 Å². The minimum absolute atomic E-state index is 0.0126. The zero-order valence-electron chi connectivity index (χ0n) is 23.5. The summed E-state index contributed by atoms with van der Waals surface area (Å²) in [5, 5.41) is 10.4. The molecule has 2 aromatic heterocycles. The van der Waals surface area contributed by atoms with E-state index >= 15 is 0 Å². The van der Waals surface area contributed by atoms with Crippen LogP contribution in [0.5, 0.6) is 5.75 Å². The van der Waals surface area contributed by atoms with Crippen molar-refractivity contribution >= 4 is 33.2 Å². The second-order valence-electron chi connectivity index (χ2n) is 10.3. The maximum absolute atomic E-state index is 13.9. The van der Waals surface area contributed by atoms with Crippen LogP contribution in [0.1, 0.15) is 27.8 Å². The van der Waals surface area contributed by atoms with E-state index in [0.29, 0.717) is 25.2 Å². The number of pyridine rings is 2. The molecule has 44 heavy (non-hydrogen) atoms. The van der Waals surface area contributed by atoms with E-state index in [2.05, 4.69) is 14.9 Å². The molecule has 11 heteroatoms. The molecule has 0 fully saturated rings. The fourth-order valence-corrected chi connectivity index (χ4v) is 6.93. The fourth-order valence-electron chi connectivity index (χ4n) is 4.77. The molecule has 226 valence electrons. The van der Waals surface area contributed by atoms with Gasteiger partial charge < -0.3 is 5.11 Å². The lowest BCUT2D eigenvalue weighted by Gasteiger charge is -2.24. The summed E-state index contributed by atoms with van der Waals surface area (Å²) in [6, 6.07) is 23.7. The topological polar surface area (TPSA) is 86.6 Å². The van der Waals surface area contributed by atoms with Gasteiger partial charge in [-0.15, -0.1) is 0 Å². The van der Waals surface area contributed by atoms with Gasteiger partial charge in [-0.1, -0.05) is 59.6 Å². The van der Waals surface area contributed by atoms with Crippen molar-refractivity contribution in [2.24, 2.45) is 0 Å². The van der Waals surface area contributed by atoms with Crippen LogP contribution in [-0.4, -0.2) is 32.7 Å². The molecule has 3 aromatic carbocycles. The van der Waals surface area contributed by atoms with Gasteiger partial charge in [-0.05, 0) is 76.3 Å². The van der Waals surface area contributed by atoms with Crippen LogP contribution < -0.4 is 0 Å². The number of phenolic OH excluding ortho intramolecular Hbond substituents is 1. The predicted octanol–water partition coefficient (Wildman–Crippen LogP) is 7.22. The Morgan fingerprint density at radius 3 is 1.52 bits per heavy atom. The molecule has 0 atom stereocenters. The van der Waals surface area contributed by atoms with Crippen LogP contribution in [0.4, 0.5) is 4.39 Å². The number of phenols is 1. The number of rotatable bonds is 12. The molecular weight excluding hydrogens is 622 g/mol. The van der Waals surface area contributed by atoms with Gasteiger partial charge in [-0.3, -0.25) is 14.9 Å². The first-order valence-electron chi connectivity index (χ1n) is 13.7. The summed E-state index contributed by atoms with van der Waals surface area (Å²) >= 11 is 12.2. The van der Waals surface area contributed by atoms with Crippen molar-refractivity contribution in [1.29, 1.82) is 0 Å². The molecule has 0 bridgehead atoms. The highest BCUT2D eigenvalue weighted by molar-refractivity contribution is 7.89. The van der Waals surface area contributed by atoms with Crippen molar-refractivity contribution in [1.82, 2.24) is 19.2 Å². The average molecular weight is 652 g/mol. The first kappa shape index (κ1) is 31.6. The van der Waals surface area contributed by atoms with E-state index in [1.807, 2.05) is 48.5 Å². The van der Waals surface area contributed by atoms with Gasteiger partial charge in [-0.2, -0.15) is 4.31 Å². The molecule has 0 saturated carbocycles. The van der Waals surface area contributed by atoms with E-state index in [4.69, 9.17) is 23.2 Å². The molecule has 7 nitrogen and oxygen atoms in total. The number of halogens is 3. The minimum Gasteiger partial charge on any atom is -0.505 e. The van der Waals surface area contributed by atoms with Crippen molar-refractivity contribution in [3.63, 3.8) is 0 Å². The highest BCUT2D eigenvalue weighted by atomic mass is 35.5. The van der Waals surface area contributed by atoms with Crippen molar-refractivity contribution < 1.29 is 17.9 Å². The standard InChI is InChI=1S/C33H29Cl2FN4O3S/c34-29-17-31(35)33(41)32(18-29)44(42,43)40(23-26-5-7-30(36)8-6-26)22-25-3-1-24(2-4-25)19-39(20-27-9-13-37-14-10-27)21-28-11-15-38-16-12-28/h1-18,41H,19-23H2. The van der Waals surface area contributed by atoms with Crippen molar-refractivity contribution in [2.75, 3.05) is 0 Å². The van der Waals surface area contributed by atoms with Crippen LogP contribution in [0.2, 0.25) is 10.0 Å². The summed E-state index contributed by atoms with van der Waals surface area (Å²) in [7, 11) is -4.28. The van der Waals surface area contributed by atoms with Crippen LogP contribution in [-0.2, 0) is 42.7 Å². The molecule has 5 aromatic rings. The largest absolute Gasteiger partial charge is 0.505 e. The molecule has 0 aliphatic rings. The number of aromatic nitrogens is 2. The Balaban J connectivity index is 1.39. The molecule has 0 amide bonds. The molecule has 0 unspecified atom stereocenters. The molecule has 0 radical (unpaired) electrons. The number of nitrogens with zero attached hydrogens (tertiary/aromatic N) is 4. The molecule has 5 rings (SSSR count). The van der Waals surface area contributed by atoms with Gasteiger partial charge in [0.1, 0.15) is 10.7 Å². The molecular formula is C33H29Cl2FN4O3S. The SMILES string of the molecule is O=S(=O)(c1cc(Cl)cc(Cl)c1O)N(Cc1ccc(F)cc1)Cc1ccc(CN(Cc2ccncc2)Cc2ccncc2)cc1. The summed E-state index contributed by atoms with van der Waals surface area (Å²) in [5.41, 5.74) is 4.61. The highest BCUT2D eigenvalue weighted by Crippen LogP contribution is 2.36. The van der Waals surface area contributed by atoms with Gasteiger partial charge in [-0.25, -0.2) is 12.8 Å². The Morgan fingerprint density at radius 2 is 1.05 bits per heavy atom. The summed E-state index contributed by atoms with van der Waals surface area (Å²) < 4.78 is 42.5. The van der Waals surface area contributed by atoms with Gasteiger partial charge in [0, 0.05) is 62.5 Å². The van der Waals surface area contributed by atoms with E-state index in [-0.39, 0.29) is 23.1 Å². The maximum atomic E-state index is 13.9. The van der Waals surface area contributed by atoms with Crippen molar-refractivity contribution in [2.45, 2.75) is 37.6 Å². The van der Waals surface area contributed by atoms with Crippen LogP contribution >= 0.6 is 23.2 Å². The Hall–Kier alpha value is -3.86. The van der Waals surface area contributed by atoms with Gasteiger partial charge in [0.2, 0.25) is 10.0 Å². The number of sulfonamides is 1. The van der Waals surface area contributed by atoms with Crippen molar-refractivity contribution in [3.8, 4) is 5.75 Å². The zero-order valence-corrected chi connectivity index (χ0v) is 25.9. The monoisotopic (exact) mass is 650 g/mol. The summed E-state index contributed by atoms with van der Waals surface area (Å²) in [4.78, 5) is 10.1. The average Bonchev–Trinajstić information content (AvgIpc) is 3.01. The van der Waals surface area contributed by atoms with E-state index in [9.17, 15) is 17.9 Å². The highest BCUT2D eigenvalue weighted by Gasteiger charge is 2.29. The number of hydrogen-bond donors (Lipinski definition) is 1. The molecule has 0 spiro atoms. The number of hydrogen-bond acceptors (Lipinski definition) is 6. The molecule has 1 N–H and O–H groups in total. The second-order valence-corrected chi connectivity index (χ2v) is 13.1. The lowest BCUT2D eigenvalue weighted by atomic mass is 10.1. The zero-order chi connectivity index (χ0) is 31.1. The number of aromatic hydroxyl groups is 1. The molecule has 0 aliphatic heterocycles. The minimum atomic E-state index is -4.28. The fraction of sp³-hybridized carbons (Fsp3) is 0.152. The third kappa shape index (κ3) is 8.19. The van der Waals surface area contributed by atoms with E-state index in [1.165, 1.54) is 40.7 Å². The van der Waals surface area contributed by atoms with Crippen molar-refractivity contribution in [3.05, 3.63) is 153 Å². The third-order valence-corrected chi connectivity index (χ3v) is 9.29. The molecule has 0 saturated heterocycles.